The van der Waals surface area contributed by atoms with Crippen LogP contribution in [0.15, 0.2) is 53.7 Å². The predicted molar refractivity (Wildman–Crippen MR) is 111 cm³/mol. The molecule has 144 valence electrons. The second-order valence-electron chi connectivity index (χ2n) is 6.65. The summed E-state index contributed by atoms with van der Waals surface area (Å²) < 4.78 is 7.24. The van der Waals surface area contributed by atoms with Crippen LogP contribution >= 0.6 is 23.4 Å². The van der Waals surface area contributed by atoms with E-state index < -0.39 is 0 Å². The molecule has 0 amide bonds. The molecule has 0 radical (unpaired) electrons. The van der Waals surface area contributed by atoms with Crippen LogP contribution in [0.1, 0.15) is 25.7 Å². The normalized spacial score (nSPS) is 16.9. The summed E-state index contributed by atoms with van der Waals surface area (Å²) in [4.78, 5) is 12.3. The number of rotatable bonds is 5. The number of methoxy groups -OCH3 is 1. The maximum Gasteiger partial charge on any atom is 0.196 e. The van der Waals surface area contributed by atoms with Crippen molar-refractivity contribution in [3.63, 3.8) is 0 Å². The van der Waals surface area contributed by atoms with E-state index in [1.165, 1.54) is 11.8 Å². The molecular weight excluding hydrogens is 394 g/mol. The quantitative estimate of drug-likeness (QED) is 0.575. The van der Waals surface area contributed by atoms with Gasteiger partial charge in [0.2, 0.25) is 0 Å². The van der Waals surface area contributed by atoms with E-state index in [9.17, 15) is 4.79 Å². The molecule has 1 saturated carbocycles. The van der Waals surface area contributed by atoms with E-state index in [1.807, 2.05) is 53.1 Å². The zero-order valence-electron chi connectivity index (χ0n) is 15.5. The Morgan fingerprint density at radius 1 is 1.14 bits per heavy atom. The molecule has 5 nitrogen and oxygen atoms in total. The van der Waals surface area contributed by atoms with Gasteiger partial charge in [0, 0.05) is 12.0 Å². The Bertz CT molecular complexity index is 991. The van der Waals surface area contributed by atoms with Crippen LogP contribution in [-0.4, -0.2) is 32.9 Å². The molecule has 1 aliphatic rings. The summed E-state index contributed by atoms with van der Waals surface area (Å²) in [6.45, 7) is 0. The van der Waals surface area contributed by atoms with E-state index in [1.54, 1.807) is 7.11 Å². The Hall–Kier alpha value is -2.31. The van der Waals surface area contributed by atoms with E-state index >= 15 is 0 Å². The molecule has 2 aromatic carbocycles. The van der Waals surface area contributed by atoms with Gasteiger partial charge in [-0.1, -0.05) is 60.1 Å². The Kier molecular flexibility index (Phi) is 5.69. The van der Waals surface area contributed by atoms with E-state index in [2.05, 4.69) is 10.2 Å². The van der Waals surface area contributed by atoms with E-state index in [0.717, 1.165) is 30.5 Å². The zero-order valence-corrected chi connectivity index (χ0v) is 17.0. The predicted octanol–water partition coefficient (Wildman–Crippen LogP) is 5.20. The highest BCUT2D eigenvalue weighted by molar-refractivity contribution is 8.00. The Labute approximate surface area is 173 Å². The van der Waals surface area contributed by atoms with Gasteiger partial charge in [0.25, 0.3) is 0 Å². The molecule has 7 heteroatoms. The fourth-order valence-corrected chi connectivity index (χ4v) is 4.78. The maximum absolute atomic E-state index is 12.3. The number of thioether (sulfide) groups is 1. The van der Waals surface area contributed by atoms with Crippen molar-refractivity contribution < 1.29 is 9.53 Å². The van der Waals surface area contributed by atoms with Gasteiger partial charge in [0.1, 0.15) is 11.5 Å². The Balaban J connectivity index is 1.79. The van der Waals surface area contributed by atoms with Crippen LogP contribution < -0.4 is 4.74 Å². The molecule has 0 spiro atoms. The smallest absolute Gasteiger partial charge is 0.196 e. The van der Waals surface area contributed by atoms with Crippen molar-refractivity contribution in [2.75, 3.05) is 7.11 Å². The summed E-state index contributed by atoms with van der Waals surface area (Å²) in [5, 5.41) is 9.98. The van der Waals surface area contributed by atoms with Gasteiger partial charge in [0.05, 0.1) is 23.1 Å². The number of nitrogens with zero attached hydrogens (tertiary/aromatic N) is 3. The molecule has 0 aliphatic heterocycles. The second-order valence-corrected chi connectivity index (χ2v) is 8.22. The first kappa shape index (κ1) is 19.0. The third kappa shape index (κ3) is 3.80. The number of Topliss-reactive ketones (excluding diaryl/α,β-unsaturated/α-hetero) is 1. The number of hydrogen-bond acceptors (Lipinski definition) is 5. The Morgan fingerprint density at radius 3 is 2.68 bits per heavy atom. The van der Waals surface area contributed by atoms with Crippen molar-refractivity contribution >= 4 is 29.1 Å². The van der Waals surface area contributed by atoms with Gasteiger partial charge in [-0.25, -0.2) is 0 Å². The lowest BCUT2D eigenvalue weighted by atomic mass is 9.99. The first-order valence-electron chi connectivity index (χ1n) is 9.21. The molecule has 0 saturated heterocycles. The minimum atomic E-state index is -0.0750. The van der Waals surface area contributed by atoms with Gasteiger partial charge in [0.15, 0.2) is 11.0 Å². The van der Waals surface area contributed by atoms with Crippen LogP contribution in [0.25, 0.3) is 17.1 Å². The van der Waals surface area contributed by atoms with Gasteiger partial charge >= 0.3 is 0 Å². The number of ketones is 1. The fourth-order valence-electron chi connectivity index (χ4n) is 3.35. The molecule has 1 heterocycles. The van der Waals surface area contributed by atoms with Crippen molar-refractivity contribution in [3.8, 4) is 22.8 Å². The molecule has 28 heavy (non-hydrogen) atoms. The van der Waals surface area contributed by atoms with Crippen molar-refractivity contribution in [3.05, 3.63) is 53.6 Å². The lowest BCUT2D eigenvalue weighted by Gasteiger charge is -2.20. The van der Waals surface area contributed by atoms with Gasteiger partial charge in [-0.05, 0) is 31.0 Å². The topological polar surface area (TPSA) is 57.0 Å². The maximum atomic E-state index is 12.3. The average Bonchev–Trinajstić information content (AvgIpc) is 3.14. The number of ether oxygens (including phenoxy) is 1. The number of carbonyl (C=O) groups excluding carboxylic acids is 1. The van der Waals surface area contributed by atoms with E-state index in [-0.39, 0.29) is 5.25 Å². The zero-order chi connectivity index (χ0) is 19.5. The van der Waals surface area contributed by atoms with Gasteiger partial charge < -0.3 is 4.74 Å². The molecule has 3 aromatic rings. The van der Waals surface area contributed by atoms with Gasteiger partial charge in [-0.15, -0.1) is 10.2 Å². The second kappa shape index (κ2) is 8.37. The lowest BCUT2D eigenvalue weighted by molar-refractivity contribution is -0.119. The molecule has 0 N–H and O–H groups in total. The monoisotopic (exact) mass is 413 g/mol. The molecule has 4 rings (SSSR count). The minimum Gasteiger partial charge on any atom is -0.495 e. The van der Waals surface area contributed by atoms with Crippen LogP contribution in [0, 0.1) is 0 Å². The summed E-state index contributed by atoms with van der Waals surface area (Å²) in [5.41, 5.74) is 1.78. The average molecular weight is 414 g/mol. The van der Waals surface area contributed by atoms with Crippen molar-refractivity contribution in [1.82, 2.24) is 14.8 Å². The fraction of sp³-hybridized carbons (Fsp3) is 0.286. The van der Waals surface area contributed by atoms with Gasteiger partial charge in [-0.2, -0.15) is 0 Å². The number of halogens is 1. The largest absolute Gasteiger partial charge is 0.495 e. The molecule has 1 atom stereocenters. The standard InChI is InChI=1S/C21H20ClN3O2S/c1-27-18-12-11-15(13-16(18)22)25-20(14-7-3-2-4-8-14)23-24-21(25)28-19-10-6-5-9-17(19)26/h2-4,7-8,11-13,19H,5-6,9-10H2,1H3/t19-/m1/s1. The number of carbonyl (C=O) groups is 1. The SMILES string of the molecule is COc1ccc(-n2c(S[C@@H]3CCCCC3=O)nnc2-c2ccccc2)cc1Cl. The van der Waals surface area contributed by atoms with Crippen LogP contribution in [0.3, 0.4) is 0 Å². The number of benzene rings is 2. The molecule has 0 bridgehead atoms. The Morgan fingerprint density at radius 2 is 1.96 bits per heavy atom. The summed E-state index contributed by atoms with van der Waals surface area (Å²) in [7, 11) is 1.59. The van der Waals surface area contributed by atoms with Crippen molar-refractivity contribution in [1.29, 1.82) is 0 Å². The van der Waals surface area contributed by atoms with E-state index in [4.69, 9.17) is 16.3 Å². The molecule has 1 aliphatic carbocycles. The van der Waals surface area contributed by atoms with Crippen LogP contribution in [0.4, 0.5) is 0 Å². The van der Waals surface area contributed by atoms with Crippen LogP contribution in [0.2, 0.25) is 5.02 Å². The van der Waals surface area contributed by atoms with Crippen molar-refractivity contribution in [2.24, 2.45) is 0 Å². The summed E-state index contributed by atoms with van der Waals surface area (Å²) >= 11 is 7.86. The number of hydrogen-bond donors (Lipinski definition) is 0. The molecular formula is C21H20ClN3O2S. The minimum absolute atomic E-state index is 0.0750. The first-order chi connectivity index (χ1) is 13.7. The molecule has 1 fully saturated rings. The summed E-state index contributed by atoms with van der Waals surface area (Å²) in [5.74, 6) is 1.61. The molecule has 0 unspecified atom stereocenters. The van der Waals surface area contributed by atoms with Crippen LogP contribution in [-0.2, 0) is 4.79 Å². The first-order valence-corrected chi connectivity index (χ1v) is 10.5. The number of aromatic nitrogens is 3. The van der Waals surface area contributed by atoms with E-state index in [0.29, 0.717) is 34.0 Å². The third-order valence-electron chi connectivity index (χ3n) is 4.81. The lowest BCUT2D eigenvalue weighted by Crippen LogP contribution is -2.21. The summed E-state index contributed by atoms with van der Waals surface area (Å²) in [6.07, 6.45) is 3.56. The highest BCUT2D eigenvalue weighted by atomic mass is 35.5. The van der Waals surface area contributed by atoms with Crippen molar-refractivity contribution in [2.45, 2.75) is 36.1 Å². The van der Waals surface area contributed by atoms with Gasteiger partial charge in [-0.3, -0.25) is 9.36 Å². The molecule has 1 aromatic heterocycles. The summed E-state index contributed by atoms with van der Waals surface area (Å²) in [6, 6.07) is 15.5. The van der Waals surface area contributed by atoms with Crippen LogP contribution in [0.5, 0.6) is 5.75 Å². The third-order valence-corrected chi connectivity index (χ3v) is 6.36. The highest BCUT2D eigenvalue weighted by Crippen LogP contribution is 2.36. The highest BCUT2D eigenvalue weighted by Gasteiger charge is 2.27.